The molecule has 0 saturated heterocycles. The zero-order chi connectivity index (χ0) is 17.3. The minimum Gasteiger partial charge on any atom is -0.465 e. The van der Waals surface area contributed by atoms with Crippen molar-refractivity contribution in [3.05, 3.63) is 46.1 Å². The summed E-state index contributed by atoms with van der Waals surface area (Å²) in [5, 5.41) is 8.02. The topological polar surface area (TPSA) is 73.2 Å². The molecule has 3 aromatic rings. The van der Waals surface area contributed by atoms with Crippen molar-refractivity contribution in [1.82, 2.24) is 9.78 Å². The first kappa shape index (κ1) is 16.5. The summed E-state index contributed by atoms with van der Waals surface area (Å²) in [6.45, 7) is 2.02. The van der Waals surface area contributed by atoms with Crippen LogP contribution in [-0.4, -0.2) is 28.8 Å². The molecule has 0 fully saturated rings. The molecule has 0 atom stereocenters. The maximum Gasteiger partial charge on any atom is 0.349 e. The standard InChI is InChI=1S/C16H14ClN3O3S/c1-9-5-6-18-20(9)8-13(21)19-10-3-4-11-12(7-10)24-15(14(11)17)16(22)23-2/h3-7H,8H2,1-2H3,(H,19,21). The number of nitrogens with one attached hydrogen (secondary N) is 1. The van der Waals surface area contributed by atoms with Crippen LogP contribution in [0.5, 0.6) is 0 Å². The average Bonchev–Trinajstić information content (AvgIpc) is 3.10. The molecule has 6 nitrogen and oxygen atoms in total. The molecule has 1 N–H and O–H groups in total. The Hall–Kier alpha value is -2.38. The van der Waals surface area contributed by atoms with Crippen molar-refractivity contribution in [3.63, 3.8) is 0 Å². The monoisotopic (exact) mass is 363 g/mol. The number of halogens is 1. The fraction of sp³-hybridized carbons (Fsp3) is 0.188. The first-order chi connectivity index (χ1) is 11.5. The molecule has 0 aliphatic rings. The van der Waals surface area contributed by atoms with Crippen molar-refractivity contribution in [2.75, 3.05) is 12.4 Å². The van der Waals surface area contributed by atoms with Gasteiger partial charge in [-0.1, -0.05) is 11.6 Å². The number of amides is 1. The van der Waals surface area contributed by atoms with E-state index in [0.29, 0.717) is 15.6 Å². The molecular formula is C16H14ClN3O3S. The highest BCUT2D eigenvalue weighted by Crippen LogP contribution is 2.37. The number of aromatic nitrogens is 2. The first-order valence-electron chi connectivity index (χ1n) is 7.08. The number of hydrogen-bond donors (Lipinski definition) is 1. The number of nitrogens with zero attached hydrogens (tertiary/aromatic N) is 2. The molecule has 0 aliphatic carbocycles. The Kier molecular flexibility index (Phi) is 4.55. The summed E-state index contributed by atoms with van der Waals surface area (Å²) in [5.74, 6) is -0.655. The summed E-state index contributed by atoms with van der Waals surface area (Å²) >= 11 is 7.44. The number of aryl methyl sites for hydroxylation is 1. The molecule has 0 saturated carbocycles. The third-order valence-electron chi connectivity index (χ3n) is 3.51. The minimum atomic E-state index is -0.471. The number of esters is 1. The van der Waals surface area contributed by atoms with Crippen molar-refractivity contribution >= 4 is 50.6 Å². The summed E-state index contributed by atoms with van der Waals surface area (Å²) in [5.41, 5.74) is 1.54. The van der Waals surface area contributed by atoms with Crippen molar-refractivity contribution in [2.24, 2.45) is 0 Å². The molecule has 0 spiro atoms. The number of rotatable bonds is 4. The lowest BCUT2D eigenvalue weighted by Gasteiger charge is -2.07. The maximum absolute atomic E-state index is 12.1. The van der Waals surface area contributed by atoms with E-state index >= 15 is 0 Å². The number of ether oxygens (including phenoxy) is 1. The second-order valence-corrected chi connectivity index (χ2v) is 6.56. The highest BCUT2D eigenvalue weighted by Gasteiger charge is 2.18. The van der Waals surface area contributed by atoms with Gasteiger partial charge in [0.05, 0.1) is 12.1 Å². The second kappa shape index (κ2) is 6.62. The molecule has 1 aromatic carbocycles. The van der Waals surface area contributed by atoms with E-state index in [1.54, 1.807) is 29.1 Å². The van der Waals surface area contributed by atoms with Crippen LogP contribution >= 0.6 is 22.9 Å². The van der Waals surface area contributed by atoms with Crippen LogP contribution < -0.4 is 5.32 Å². The van der Waals surface area contributed by atoms with E-state index in [0.717, 1.165) is 15.8 Å². The molecule has 3 rings (SSSR count). The predicted octanol–water partition coefficient (Wildman–Crippen LogP) is 3.48. The summed E-state index contributed by atoms with van der Waals surface area (Å²) in [6.07, 6.45) is 1.65. The third-order valence-corrected chi connectivity index (χ3v) is 5.14. The highest BCUT2D eigenvalue weighted by molar-refractivity contribution is 7.21. The molecule has 0 unspecified atom stereocenters. The summed E-state index contributed by atoms with van der Waals surface area (Å²) in [7, 11) is 1.31. The van der Waals surface area contributed by atoms with Gasteiger partial charge < -0.3 is 10.1 Å². The van der Waals surface area contributed by atoms with E-state index in [2.05, 4.69) is 10.4 Å². The van der Waals surface area contributed by atoms with Crippen LogP contribution in [0.2, 0.25) is 5.02 Å². The van der Waals surface area contributed by atoms with Crippen molar-refractivity contribution < 1.29 is 14.3 Å². The van der Waals surface area contributed by atoms with Gasteiger partial charge in [0.25, 0.3) is 0 Å². The summed E-state index contributed by atoms with van der Waals surface area (Å²) in [4.78, 5) is 24.2. The Morgan fingerprint density at radius 3 is 2.83 bits per heavy atom. The molecule has 0 aliphatic heterocycles. The maximum atomic E-state index is 12.1. The lowest BCUT2D eigenvalue weighted by Crippen LogP contribution is -2.20. The number of thiophene rings is 1. The fourth-order valence-electron chi connectivity index (χ4n) is 2.27. The molecular weight excluding hydrogens is 350 g/mol. The fourth-order valence-corrected chi connectivity index (χ4v) is 3.73. The largest absolute Gasteiger partial charge is 0.465 e. The van der Waals surface area contributed by atoms with Crippen molar-refractivity contribution in [3.8, 4) is 0 Å². The third kappa shape index (κ3) is 3.13. The van der Waals surface area contributed by atoms with Crippen LogP contribution in [0.3, 0.4) is 0 Å². The Labute approximate surface area is 147 Å². The zero-order valence-electron chi connectivity index (χ0n) is 13.0. The number of hydrogen-bond acceptors (Lipinski definition) is 5. The van der Waals surface area contributed by atoms with E-state index in [9.17, 15) is 9.59 Å². The van der Waals surface area contributed by atoms with Crippen LogP contribution in [0.4, 0.5) is 5.69 Å². The van der Waals surface area contributed by atoms with Crippen LogP contribution in [-0.2, 0) is 16.1 Å². The highest BCUT2D eigenvalue weighted by atomic mass is 35.5. The van der Waals surface area contributed by atoms with Gasteiger partial charge in [0, 0.05) is 27.7 Å². The summed E-state index contributed by atoms with van der Waals surface area (Å²) < 4.78 is 7.13. The van der Waals surface area contributed by atoms with Gasteiger partial charge in [-0.3, -0.25) is 9.48 Å². The van der Waals surface area contributed by atoms with Gasteiger partial charge in [-0.2, -0.15) is 5.10 Å². The lowest BCUT2D eigenvalue weighted by atomic mass is 10.2. The molecule has 0 radical (unpaired) electrons. The Morgan fingerprint density at radius 2 is 2.17 bits per heavy atom. The Bertz CT molecular complexity index is 932. The van der Waals surface area contributed by atoms with E-state index in [1.807, 2.05) is 13.0 Å². The van der Waals surface area contributed by atoms with Crippen LogP contribution in [0, 0.1) is 6.92 Å². The SMILES string of the molecule is COC(=O)c1sc2cc(NC(=O)Cn3nccc3C)ccc2c1Cl. The van der Waals surface area contributed by atoms with E-state index < -0.39 is 5.97 Å². The molecule has 8 heteroatoms. The average molecular weight is 364 g/mol. The predicted molar refractivity (Wildman–Crippen MR) is 93.8 cm³/mol. The van der Waals surface area contributed by atoms with E-state index in [4.69, 9.17) is 16.3 Å². The lowest BCUT2D eigenvalue weighted by molar-refractivity contribution is -0.116. The Balaban J connectivity index is 1.82. The molecule has 2 heterocycles. The number of fused-ring (bicyclic) bond motifs is 1. The number of anilines is 1. The van der Waals surface area contributed by atoms with Gasteiger partial charge in [0.1, 0.15) is 11.4 Å². The normalized spacial score (nSPS) is 10.8. The van der Waals surface area contributed by atoms with Gasteiger partial charge in [0.15, 0.2) is 0 Å². The minimum absolute atomic E-state index is 0.134. The van der Waals surface area contributed by atoms with Gasteiger partial charge in [-0.25, -0.2) is 4.79 Å². The van der Waals surface area contributed by atoms with E-state index in [1.165, 1.54) is 18.4 Å². The number of benzene rings is 1. The molecule has 124 valence electrons. The number of methoxy groups -OCH3 is 1. The number of carbonyl (C=O) groups is 2. The van der Waals surface area contributed by atoms with Crippen molar-refractivity contribution in [2.45, 2.75) is 13.5 Å². The van der Waals surface area contributed by atoms with Gasteiger partial charge in [-0.05, 0) is 31.2 Å². The molecule has 0 bridgehead atoms. The zero-order valence-corrected chi connectivity index (χ0v) is 14.6. The van der Waals surface area contributed by atoms with Gasteiger partial charge in [0.2, 0.25) is 5.91 Å². The molecule has 1 amide bonds. The summed E-state index contributed by atoms with van der Waals surface area (Å²) in [6, 6.07) is 7.14. The first-order valence-corrected chi connectivity index (χ1v) is 8.27. The quantitative estimate of drug-likeness (QED) is 0.720. The molecule has 24 heavy (non-hydrogen) atoms. The van der Waals surface area contributed by atoms with Gasteiger partial charge in [-0.15, -0.1) is 11.3 Å². The van der Waals surface area contributed by atoms with Crippen LogP contribution in [0.1, 0.15) is 15.4 Å². The second-order valence-electron chi connectivity index (χ2n) is 5.13. The van der Waals surface area contributed by atoms with Crippen LogP contribution in [0.15, 0.2) is 30.5 Å². The van der Waals surface area contributed by atoms with E-state index in [-0.39, 0.29) is 12.5 Å². The smallest absolute Gasteiger partial charge is 0.349 e. The Morgan fingerprint density at radius 1 is 1.38 bits per heavy atom. The number of carbonyl (C=O) groups excluding carboxylic acids is 2. The van der Waals surface area contributed by atoms with Crippen molar-refractivity contribution in [1.29, 1.82) is 0 Å². The van der Waals surface area contributed by atoms with Gasteiger partial charge >= 0.3 is 5.97 Å². The van der Waals surface area contributed by atoms with Crippen LogP contribution in [0.25, 0.3) is 10.1 Å². The molecule has 2 aromatic heterocycles.